The van der Waals surface area contributed by atoms with Gasteiger partial charge in [0.05, 0.1) is 0 Å². The molecule has 1 aromatic rings. The zero-order valence-corrected chi connectivity index (χ0v) is 13.0. The van der Waals surface area contributed by atoms with Gasteiger partial charge in [0.25, 0.3) is 0 Å². The molecule has 0 aromatic carbocycles. The fourth-order valence-corrected chi connectivity index (χ4v) is 1.28. The summed E-state index contributed by atoms with van der Waals surface area (Å²) >= 11 is 0. The summed E-state index contributed by atoms with van der Waals surface area (Å²) < 4.78 is 0. The number of carbonyl (C=O) groups is 1. The van der Waals surface area contributed by atoms with Gasteiger partial charge >= 0.3 is 0 Å². The number of pyridine rings is 1. The van der Waals surface area contributed by atoms with Crippen molar-refractivity contribution in [2.45, 2.75) is 59.3 Å². The van der Waals surface area contributed by atoms with Gasteiger partial charge < -0.3 is 5.32 Å². The lowest BCUT2D eigenvalue weighted by molar-refractivity contribution is -0.109. The molecule has 1 heterocycles. The average Bonchev–Trinajstić information content (AvgIpc) is 2.45. The fraction of sp³-hybridized carbons (Fsp3) is 0.625. The highest BCUT2D eigenvalue weighted by Gasteiger charge is 1.83. The molecule has 1 aromatic heterocycles. The van der Waals surface area contributed by atoms with Crippen LogP contribution >= 0.6 is 0 Å². The number of nitrogens with one attached hydrogen (secondary N) is 1. The van der Waals surface area contributed by atoms with Crippen molar-refractivity contribution in [1.82, 2.24) is 10.3 Å². The van der Waals surface area contributed by atoms with E-state index in [1.807, 2.05) is 19.1 Å². The maximum atomic E-state index is 9.06. The molecule has 0 saturated carbocycles. The third-order valence-electron chi connectivity index (χ3n) is 2.42. The lowest BCUT2D eigenvalue weighted by Crippen LogP contribution is -1.98. The van der Waals surface area contributed by atoms with E-state index in [0.717, 1.165) is 0 Å². The molecule has 0 atom stereocenters. The van der Waals surface area contributed by atoms with Crippen LogP contribution in [0, 0.1) is 6.92 Å². The van der Waals surface area contributed by atoms with Crippen LogP contribution in [-0.2, 0) is 4.79 Å². The van der Waals surface area contributed by atoms with Crippen molar-refractivity contribution >= 4 is 6.41 Å². The van der Waals surface area contributed by atoms with Crippen LogP contribution < -0.4 is 5.32 Å². The Labute approximate surface area is 118 Å². The molecular weight excluding hydrogens is 236 g/mol. The van der Waals surface area contributed by atoms with Crippen LogP contribution in [0.5, 0.6) is 0 Å². The summed E-state index contributed by atoms with van der Waals surface area (Å²) in [7, 11) is 1.56. The molecule has 0 radical (unpaired) electrons. The van der Waals surface area contributed by atoms with Crippen molar-refractivity contribution in [2.75, 3.05) is 7.05 Å². The Kier molecular flexibility index (Phi) is 19.9. The van der Waals surface area contributed by atoms with E-state index in [0.29, 0.717) is 6.41 Å². The Balaban J connectivity index is 0. The molecule has 0 unspecified atom stereocenters. The number of nitrogens with zero attached hydrogens (tertiary/aromatic N) is 1. The van der Waals surface area contributed by atoms with Gasteiger partial charge in [-0.1, -0.05) is 52.4 Å². The van der Waals surface area contributed by atoms with Crippen molar-refractivity contribution in [3.63, 3.8) is 0 Å². The predicted molar refractivity (Wildman–Crippen MR) is 83.1 cm³/mol. The molecule has 0 saturated heterocycles. The number of rotatable bonds is 6. The fourth-order valence-electron chi connectivity index (χ4n) is 1.28. The summed E-state index contributed by atoms with van der Waals surface area (Å²) in [6.07, 6.45) is 12.7. The van der Waals surface area contributed by atoms with Crippen LogP contribution in [0.4, 0.5) is 0 Å². The molecule has 110 valence electrons. The van der Waals surface area contributed by atoms with Gasteiger partial charge in [-0.25, -0.2) is 0 Å². The summed E-state index contributed by atoms with van der Waals surface area (Å²) in [6.45, 7) is 6.56. The Bertz CT molecular complexity index is 257. The van der Waals surface area contributed by atoms with Gasteiger partial charge in [-0.15, -0.1) is 0 Å². The second kappa shape index (κ2) is 19.0. The van der Waals surface area contributed by atoms with E-state index in [1.54, 1.807) is 19.4 Å². The second-order valence-corrected chi connectivity index (χ2v) is 4.35. The Morgan fingerprint density at radius 3 is 1.68 bits per heavy atom. The average molecular weight is 266 g/mol. The number of hydrogen-bond acceptors (Lipinski definition) is 2. The Hall–Kier alpha value is -1.38. The summed E-state index contributed by atoms with van der Waals surface area (Å²) in [6, 6.07) is 3.94. The van der Waals surface area contributed by atoms with Crippen molar-refractivity contribution in [3.8, 4) is 0 Å². The highest BCUT2D eigenvalue weighted by atomic mass is 16.1. The van der Waals surface area contributed by atoms with Gasteiger partial charge in [0.15, 0.2) is 0 Å². The molecule has 0 spiro atoms. The first-order chi connectivity index (χ1) is 9.22. The predicted octanol–water partition coefficient (Wildman–Crippen LogP) is 4.12. The second-order valence-electron chi connectivity index (χ2n) is 4.35. The number of aromatic nitrogens is 1. The summed E-state index contributed by atoms with van der Waals surface area (Å²) in [4.78, 5) is 12.9. The molecule has 19 heavy (non-hydrogen) atoms. The largest absolute Gasteiger partial charge is 0.362 e. The molecule has 0 fully saturated rings. The smallest absolute Gasteiger partial charge is 0.206 e. The van der Waals surface area contributed by atoms with E-state index < -0.39 is 0 Å². The molecule has 0 bridgehead atoms. The Morgan fingerprint density at radius 2 is 1.47 bits per heavy atom. The first kappa shape index (κ1) is 19.9. The first-order valence-corrected chi connectivity index (χ1v) is 7.20. The minimum atomic E-state index is 0.625. The monoisotopic (exact) mass is 266 g/mol. The molecule has 0 aliphatic rings. The van der Waals surface area contributed by atoms with Gasteiger partial charge in [0.2, 0.25) is 6.41 Å². The summed E-state index contributed by atoms with van der Waals surface area (Å²) in [5.41, 5.74) is 1.26. The molecule has 1 amide bonds. The van der Waals surface area contributed by atoms with Crippen molar-refractivity contribution in [3.05, 3.63) is 30.1 Å². The highest BCUT2D eigenvalue weighted by molar-refractivity contribution is 5.44. The molecule has 0 aliphatic carbocycles. The van der Waals surface area contributed by atoms with Crippen LogP contribution in [0.1, 0.15) is 57.9 Å². The number of unbranched alkanes of at least 4 members (excludes halogenated alkanes) is 5. The molecular formula is C16H30N2O. The van der Waals surface area contributed by atoms with Crippen molar-refractivity contribution < 1.29 is 4.79 Å². The number of hydrogen-bond donors (Lipinski definition) is 1. The summed E-state index contributed by atoms with van der Waals surface area (Å²) in [5.74, 6) is 0. The molecule has 3 heteroatoms. The minimum absolute atomic E-state index is 0.625. The molecule has 3 nitrogen and oxygen atoms in total. The zero-order chi connectivity index (χ0) is 14.8. The maximum absolute atomic E-state index is 9.06. The topological polar surface area (TPSA) is 42.0 Å². The summed E-state index contributed by atoms with van der Waals surface area (Å²) in [5, 5.41) is 2.25. The van der Waals surface area contributed by atoms with E-state index in [9.17, 15) is 0 Å². The van der Waals surface area contributed by atoms with Crippen molar-refractivity contribution in [1.29, 1.82) is 0 Å². The molecule has 0 aliphatic heterocycles. The van der Waals surface area contributed by atoms with Crippen LogP contribution in [0.15, 0.2) is 24.5 Å². The van der Waals surface area contributed by atoms with Crippen LogP contribution in [-0.4, -0.2) is 18.4 Å². The van der Waals surface area contributed by atoms with Crippen LogP contribution in [0.25, 0.3) is 0 Å². The van der Waals surface area contributed by atoms with Crippen LogP contribution in [0.2, 0.25) is 0 Å². The molecule has 1 rings (SSSR count). The van der Waals surface area contributed by atoms with Crippen LogP contribution in [0.3, 0.4) is 0 Å². The van der Waals surface area contributed by atoms with E-state index in [1.165, 1.54) is 44.1 Å². The van der Waals surface area contributed by atoms with E-state index in [4.69, 9.17) is 4.79 Å². The zero-order valence-electron chi connectivity index (χ0n) is 13.0. The maximum Gasteiger partial charge on any atom is 0.206 e. The molecule has 1 N–H and O–H groups in total. The highest BCUT2D eigenvalue weighted by Crippen LogP contribution is 2.03. The third-order valence-corrected chi connectivity index (χ3v) is 2.42. The number of carbonyl (C=O) groups excluding carboxylic acids is 1. The van der Waals surface area contributed by atoms with Gasteiger partial charge in [0.1, 0.15) is 0 Å². The van der Waals surface area contributed by atoms with E-state index in [-0.39, 0.29) is 0 Å². The third kappa shape index (κ3) is 22.3. The SMILES string of the molecule is CCCCCCCC.CNC=O.Cc1ccncc1. The van der Waals surface area contributed by atoms with Crippen molar-refractivity contribution in [2.24, 2.45) is 0 Å². The number of aryl methyl sites for hydroxylation is 1. The lowest BCUT2D eigenvalue weighted by atomic mass is 10.1. The first-order valence-electron chi connectivity index (χ1n) is 7.20. The normalized spacial score (nSPS) is 8.42. The minimum Gasteiger partial charge on any atom is -0.362 e. The lowest BCUT2D eigenvalue weighted by Gasteiger charge is -1.93. The number of amides is 1. The quantitative estimate of drug-likeness (QED) is 0.621. The Morgan fingerprint density at radius 1 is 1.05 bits per heavy atom. The van der Waals surface area contributed by atoms with Gasteiger partial charge in [-0.2, -0.15) is 0 Å². The van der Waals surface area contributed by atoms with Gasteiger partial charge in [0, 0.05) is 19.4 Å². The standard InChI is InChI=1S/C8H18.C6H7N.C2H5NO/c1-3-5-7-8-6-4-2;1-6-2-4-7-5-3-6;1-3-2-4/h3-8H2,1-2H3;2-5H,1H3;2H,1H3,(H,3,4). The van der Waals surface area contributed by atoms with Gasteiger partial charge in [-0.3, -0.25) is 9.78 Å². The van der Waals surface area contributed by atoms with E-state index >= 15 is 0 Å². The van der Waals surface area contributed by atoms with E-state index in [2.05, 4.69) is 24.1 Å². The van der Waals surface area contributed by atoms with Gasteiger partial charge in [-0.05, 0) is 24.6 Å².